The molecule has 2 amide bonds. The number of carbonyl (C=O) groups is 4. The molecule has 2 unspecified atom stereocenters. The van der Waals surface area contributed by atoms with E-state index in [1.165, 1.54) is 0 Å². The first-order chi connectivity index (χ1) is 39.0. The molecule has 2 bridgehead atoms. The first kappa shape index (κ1) is 62.1. The van der Waals surface area contributed by atoms with Gasteiger partial charge in [-0.15, -0.1) is 0 Å². The summed E-state index contributed by atoms with van der Waals surface area (Å²) in [6, 6.07) is 15.2. The van der Waals surface area contributed by atoms with E-state index in [0.29, 0.717) is 90.8 Å². The van der Waals surface area contributed by atoms with E-state index in [1.807, 2.05) is 23.5 Å². The van der Waals surface area contributed by atoms with Gasteiger partial charge in [0.1, 0.15) is 23.5 Å². The maximum atomic E-state index is 16.1. The van der Waals surface area contributed by atoms with Crippen LogP contribution in [0.5, 0.6) is 0 Å². The third-order valence-corrected chi connectivity index (χ3v) is 16.2. The molecule has 3 fully saturated rings. The average molecular weight is 1180 g/mol. The first-order valence-electron chi connectivity index (χ1n) is 26.6. The lowest BCUT2D eigenvalue weighted by Gasteiger charge is -2.48. The molecule has 3 aliphatic heterocycles. The molecule has 3 saturated heterocycles. The number of methoxy groups -OCH3 is 2. The number of anilines is 1. The van der Waals surface area contributed by atoms with E-state index in [2.05, 4.69) is 29.8 Å². The Kier molecular flexibility index (Phi) is 18.5. The summed E-state index contributed by atoms with van der Waals surface area (Å²) in [6.07, 6.45) is -13.2. The number of benzene rings is 2. The van der Waals surface area contributed by atoms with Gasteiger partial charge >= 0.3 is 31.0 Å². The zero-order chi connectivity index (χ0) is 60.5. The molecule has 3 aromatic heterocycles. The Labute approximate surface area is 470 Å². The molecule has 5 aromatic rings. The van der Waals surface area contributed by atoms with Crippen LogP contribution in [0.4, 0.5) is 54.5 Å². The molecule has 3 N–H and O–H groups in total. The number of nitrogens with zero attached hydrogens (tertiary/aromatic N) is 7. The van der Waals surface area contributed by atoms with Crippen molar-refractivity contribution in [1.29, 1.82) is 0 Å². The molecule has 0 radical (unpaired) electrons. The Morgan fingerprint density at radius 3 is 1.94 bits per heavy atom. The Morgan fingerprint density at radius 1 is 0.771 bits per heavy atom. The molecule has 3 aliphatic rings. The molecule has 8 rings (SSSR count). The number of hydrogen-bond acceptors (Lipinski definition) is 14. The number of esters is 1. The number of hydrazine groups is 1. The van der Waals surface area contributed by atoms with Crippen molar-refractivity contribution in [1.82, 2.24) is 40.4 Å². The summed E-state index contributed by atoms with van der Waals surface area (Å²) in [7, 11) is 1.70. The van der Waals surface area contributed by atoms with Crippen LogP contribution in [-0.4, -0.2) is 148 Å². The fourth-order valence-electron chi connectivity index (χ4n) is 10.9. The number of fused-ring (bicyclic) bond motifs is 3. The van der Waals surface area contributed by atoms with Crippen molar-refractivity contribution >= 4 is 40.6 Å². The minimum atomic E-state index is -5.16. The van der Waals surface area contributed by atoms with Crippen LogP contribution < -0.4 is 15.6 Å². The third-order valence-electron chi connectivity index (χ3n) is 16.2. The minimum absolute atomic E-state index is 0.213. The SMILES string of the molecule is COC(=O)C[C@H](C(=O)NN(Cc1c(F)cc(-c2ccn(C(F)F)n2)cc1F)C[C@H](O)[C@@H](CC(=O)[C@@H](NC(=O)OC)C(C)(C)C(F)(F)F)Cc1ccc(-c2ccc3nc(N4CC5CCC(C4)N5C4COC4)ccc3n2)cc1)C(C)(C)C(F)(F)F. The Hall–Kier alpha value is -6.97. The van der Waals surface area contributed by atoms with Crippen LogP contribution in [0.3, 0.4) is 0 Å². The second-order valence-corrected chi connectivity index (χ2v) is 22.3. The average Bonchev–Trinajstić information content (AvgIpc) is 3.82. The zero-order valence-corrected chi connectivity index (χ0v) is 46.0. The zero-order valence-electron chi connectivity index (χ0n) is 46.0. The molecule has 27 heteroatoms. The topological polar surface area (TPSA) is 194 Å². The number of nitrogens with one attached hydrogen (secondary N) is 2. The fourth-order valence-corrected chi connectivity index (χ4v) is 10.9. The highest BCUT2D eigenvalue weighted by Crippen LogP contribution is 2.46. The smallest absolute Gasteiger partial charge is 0.407 e. The predicted molar refractivity (Wildman–Crippen MR) is 280 cm³/mol. The number of hydrogen-bond donors (Lipinski definition) is 3. The number of alkyl halides is 8. The summed E-state index contributed by atoms with van der Waals surface area (Å²) in [4.78, 5) is 68.1. The van der Waals surface area contributed by atoms with Gasteiger partial charge in [0.15, 0.2) is 5.78 Å². The molecular weight excluding hydrogens is 1120 g/mol. The number of ketones is 1. The van der Waals surface area contributed by atoms with Gasteiger partial charge < -0.3 is 29.5 Å². The number of halogens is 10. The minimum Gasteiger partial charge on any atom is -0.469 e. The lowest BCUT2D eigenvalue weighted by molar-refractivity contribution is -0.231. The van der Waals surface area contributed by atoms with Gasteiger partial charge in [0.25, 0.3) is 0 Å². The normalized spacial score (nSPS) is 18.7. The summed E-state index contributed by atoms with van der Waals surface area (Å²) in [5, 5.41) is 18.4. The number of aromatic nitrogens is 4. The first-order valence-corrected chi connectivity index (χ1v) is 26.6. The second kappa shape index (κ2) is 24.7. The van der Waals surface area contributed by atoms with Gasteiger partial charge in [-0.3, -0.25) is 24.7 Å². The number of piperazine rings is 1. The highest BCUT2D eigenvalue weighted by Gasteiger charge is 2.57. The van der Waals surface area contributed by atoms with Crippen LogP contribution >= 0.6 is 0 Å². The van der Waals surface area contributed by atoms with E-state index in [0.717, 1.165) is 71.4 Å². The van der Waals surface area contributed by atoms with Crippen molar-refractivity contribution in [2.75, 3.05) is 52.0 Å². The maximum Gasteiger partial charge on any atom is 0.407 e. The van der Waals surface area contributed by atoms with Gasteiger partial charge in [0.2, 0.25) is 5.91 Å². The molecule has 83 heavy (non-hydrogen) atoms. The largest absolute Gasteiger partial charge is 0.469 e. The van der Waals surface area contributed by atoms with E-state index >= 15 is 8.78 Å². The molecule has 6 heterocycles. The number of carbonyl (C=O) groups excluding carboxylic acids is 4. The number of amides is 2. The summed E-state index contributed by atoms with van der Waals surface area (Å²) >= 11 is 0. The number of aliphatic hydroxyl groups is 1. The van der Waals surface area contributed by atoms with Crippen molar-refractivity contribution in [3.63, 3.8) is 0 Å². The third kappa shape index (κ3) is 13.7. The highest BCUT2D eigenvalue weighted by atomic mass is 19.4. The summed E-state index contributed by atoms with van der Waals surface area (Å²) < 4.78 is 162. The summed E-state index contributed by atoms with van der Waals surface area (Å²) in [6.45, 7) is 0.443. The van der Waals surface area contributed by atoms with E-state index < -0.39 is 121 Å². The number of Topliss-reactive ketones (excluding diaryl/α,β-unsaturated/α-hetero) is 1. The van der Waals surface area contributed by atoms with Crippen molar-refractivity contribution in [2.24, 2.45) is 22.7 Å². The van der Waals surface area contributed by atoms with Crippen LogP contribution in [0.25, 0.3) is 33.5 Å². The highest BCUT2D eigenvalue weighted by molar-refractivity contribution is 5.89. The van der Waals surface area contributed by atoms with E-state index in [9.17, 15) is 59.4 Å². The van der Waals surface area contributed by atoms with Crippen molar-refractivity contribution in [3.05, 3.63) is 95.7 Å². The number of aliphatic hydroxyl groups excluding tert-OH is 1. The molecule has 17 nitrogen and oxygen atoms in total. The molecule has 0 spiro atoms. The molecule has 2 aromatic carbocycles. The molecule has 0 aliphatic carbocycles. The lowest BCUT2D eigenvalue weighted by atomic mass is 9.75. The fraction of sp³-hybridized carbons (Fsp3) is 0.518. The van der Waals surface area contributed by atoms with Crippen LogP contribution in [0, 0.1) is 34.3 Å². The summed E-state index contributed by atoms with van der Waals surface area (Å²) in [5.41, 5.74) is -2.66. The van der Waals surface area contributed by atoms with Gasteiger partial charge in [0.05, 0.1) is 85.2 Å². The molecule has 0 saturated carbocycles. The van der Waals surface area contributed by atoms with Gasteiger partial charge in [0, 0.05) is 67.6 Å². The number of pyridine rings is 2. The number of rotatable bonds is 22. The molecular formula is C56H63F10N9O8. The molecule has 450 valence electrons. The van der Waals surface area contributed by atoms with Crippen LogP contribution in [-0.2, 0) is 41.6 Å². The molecule has 6 atom stereocenters. The van der Waals surface area contributed by atoms with Crippen molar-refractivity contribution < 1.29 is 82.4 Å². The van der Waals surface area contributed by atoms with Crippen LogP contribution in [0.2, 0.25) is 0 Å². The predicted octanol–water partition coefficient (Wildman–Crippen LogP) is 8.98. The van der Waals surface area contributed by atoms with Gasteiger partial charge in [-0.1, -0.05) is 38.1 Å². The van der Waals surface area contributed by atoms with Crippen molar-refractivity contribution in [2.45, 2.75) is 116 Å². The Bertz CT molecular complexity index is 3120. The van der Waals surface area contributed by atoms with E-state index in [1.54, 1.807) is 30.3 Å². The van der Waals surface area contributed by atoms with E-state index in [-0.39, 0.29) is 22.4 Å². The van der Waals surface area contributed by atoms with Gasteiger partial charge in [-0.2, -0.15) is 40.2 Å². The second-order valence-electron chi connectivity index (χ2n) is 22.3. The summed E-state index contributed by atoms with van der Waals surface area (Å²) in [5.74, 6) is -9.87. The number of ether oxygens (including phenoxy) is 3. The monoisotopic (exact) mass is 1180 g/mol. The Balaban J connectivity index is 1.10. The number of alkyl carbamates (subject to hydrolysis) is 1. The Morgan fingerprint density at radius 2 is 1.39 bits per heavy atom. The van der Waals surface area contributed by atoms with Crippen LogP contribution in [0.15, 0.2) is 72.9 Å². The van der Waals surface area contributed by atoms with Crippen molar-refractivity contribution in [3.8, 4) is 22.5 Å². The van der Waals surface area contributed by atoms with E-state index in [4.69, 9.17) is 14.7 Å². The van der Waals surface area contributed by atoms with Crippen LogP contribution in [0.1, 0.15) is 71.1 Å². The van der Waals surface area contributed by atoms with Gasteiger partial charge in [-0.05, 0) is 87.1 Å². The van der Waals surface area contributed by atoms with Gasteiger partial charge in [-0.25, -0.2) is 33.2 Å². The standard InChI is InChI=1S/C56H63F10N9O8/c1-53(2,55(61,62)63)38(23-48(78)81-5)50(79)71-73(26-37-39(57)20-32(21-40(37)58)42-17-18-74(70-42)51(59)60)27-46(77)33(22-45(76)49(69-52(80)82-6)54(3,4)56(64,65)66)19-30-7-9-31(10-8-30)41-13-14-44-43(67-41)15-16-47(68-44)72-24-34-11-12-35(25-72)75(34)36-28-83-29-36/h7-10,13-18,20-21,33-36,38,46,49,51,77H,11-12,19,22-29H2,1-6H3,(H,69,80)(H,71,79)/t33-,34?,35?,38-,46+,49-/m1/s1. The quantitative estimate of drug-likeness (QED) is 0.0338. The lowest BCUT2D eigenvalue weighted by Crippen LogP contribution is -2.62. The maximum absolute atomic E-state index is 16.1.